The molecule has 0 saturated carbocycles. The van der Waals surface area contributed by atoms with E-state index < -0.39 is 18.5 Å². The van der Waals surface area contributed by atoms with E-state index in [4.69, 9.17) is 9.47 Å². The molecule has 2 aromatic heterocycles. The molecule has 0 unspecified atom stereocenters. The maximum absolute atomic E-state index is 13.3. The average molecular weight is 502 g/mol. The summed E-state index contributed by atoms with van der Waals surface area (Å²) in [5.74, 6) is -0.368. The van der Waals surface area contributed by atoms with Crippen molar-refractivity contribution in [3.05, 3.63) is 101 Å². The van der Waals surface area contributed by atoms with Crippen molar-refractivity contribution >= 4 is 39.1 Å². The first-order valence-electron chi connectivity index (χ1n) is 11.0. The highest BCUT2D eigenvalue weighted by Crippen LogP contribution is 2.31. The summed E-state index contributed by atoms with van der Waals surface area (Å²) in [4.78, 5) is 26.3. The molecule has 36 heavy (non-hydrogen) atoms. The van der Waals surface area contributed by atoms with Gasteiger partial charge in [-0.3, -0.25) is 4.79 Å². The molecule has 0 atom stereocenters. The van der Waals surface area contributed by atoms with Gasteiger partial charge in [0.2, 0.25) is 0 Å². The minimum atomic E-state index is -0.620. The van der Waals surface area contributed by atoms with Gasteiger partial charge in [-0.25, -0.2) is 13.9 Å². The van der Waals surface area contributed by atoms with Crippen molar-refractivity contribution in [3.8, 4) is 17.2 Å². The lowest BCUT2D eigenvalue weighted by molar-refractivity contribution is -0.119. The standard InChI is InChI=1S/C27H20FN3O4S/c1-17-21-15-24(36-26(21)31(30-17)19-13-11-18(28)12-14-19)27(33)34-16-25(32)29-22-9-5-6-10-23(22)35-20-7-3-2-4-8-20/h2-15H,16H2,1H3,(H,29,32). The van der Waals surface area contributed by atoms with E-state index in [1.807, 2.05) is 37.3 Å². The number of fused-ring (bicyclic) bond motifs is 1. The summed E-state index contributed by atoms with van der Waals surface area (Å²) < 4.78 is 26.1. The Morgan fingerprint density at radius 3 is 2.50 bits per heavy atom. The molecule has 0 spiro atoms. The Morgan fingerprint density at radius 1 is 1.00 bits per heavy atom. The molecule has 1 N–H and O–H groups in total. The lowest BCUT2D eigenvalue weighted by atomic mass is 10.3. The molecule has 180 valence electrons. The van der Waals surface area contributed by atoms with Crippen LogP contribution in [0.5, 0.6) is 11.5 Å². The van der Waals surface area contributed by atoms with Crippen LogP contribution in [0.3, 0.4) is 0 Å². The van der Waals surface area contributed by atoms with Crippen LogP contribution in [-0.2, 0) is 9.53 Å². The van der Waals surface area contributed by atoms with E-state index in [0.717, 1.165) is 15.9 Å². The maximum atomic E-state index is 13.3. The van der Waals surface area contributed by atoms with E-state index >= 15 is 0 Å². The van der Waals surface area contributed by atoms with E-state index in [-0.39, 0.29) is 5.82 Å². The van der Waals surface area contributed by atoms with Crippen LogP contribution in [0, 0.1) is 12.7 Å². The number of nitrogens with zero attached hydrogens (tertiary/aromatic N) is 2. The van der Waals surface area contributed by atoms with Crippen molar-refractivity contribution in [1.82, 2.24) is 9.78 Å². The molecule has 3 aromatic carbocycles. The van der Waals surface area contributed by atoms with Crippen LogP contribution in [0.25, 0.3) is 15.9 Å². The van der Waals surface area contributed by atoms with E-state index in [1.165, 1.54) is 23.5 Å². The van der Waals surface area contributed by atoms with Crippen LogP contribution in [0.15, 0.2) is 84.9 Å². The summed E-state index contributed by atoms with van der Waals surface area (Å²) in [5, 5.41) is 7.99. The predicted molar refractivity (Wildman–Crippen MR) is 136 cm³/mol. The number of aromatic nitrogens is 2. The Balaban J connectivity index is 1.26. The fourth-order valence-electron chi connectivity index (χ4n) is 3.57. The smallest absolute Gasteiger partial charge is 0.348 e. The molecule has 5 rings (SSSR count). The van der Waals surface area contributed by atoms with Gasteiger partial charge in [-0.1, -0.05) is 30.3 Å². The second-order valence-corrected chi connectivity index (χ2v) is 8.87. The molecule has 1 amide bonds. The number of esters is 1. The van der Waals surface area contributed by atoms with Crippen LogP contribution in [0.1, 0.15) is 15.4 Å². The van der Waals surface area contributed by atoms with Crippen molar-refractivity contribution in [2.75, 3.05) is 11.9 Å². The van der Waals surface area contributed by atoms with E-state index in [2.05, 4.69) is 10.4 Å². The van der Waals surface area contributed by atoms with Crippen molar-refractivity contribution in [1.29, 1.82) is 0 Å². The average Bonchev–Trinajstić information content (AvgIpc) is 3.46. The van der Waals surface area contributed by atoms with Gasteiger partial charge in [0.05, 0.1) is 17.1 Å². The fourth-order valence-corrected chi connectivity index (χ4v) is 4.64. The number of carbonyl (C=O) groups is 2. The van der Waals surface area contributed by atoms with Crippen LogP contribution < -0.4 is 10.1 Å². The second-order valence-electron chi connectivity index (χ2n) is 7.84. The summed E-state index contributed by atoms with van der Waals surface area (Å²) in [7, 11) is 0. The lowest BCUT2D eigenvalue weighted by Gasteiger charge is -2.12. The van der Waals surface area contributed by atoms with Crippen LogP contribution in [-0.4, -0.2) is 28.3 Å². The van der Waals surface area contributed by atoms with Gasteiger partial charge in [0.25, 0.3) is 5.91 Å². The number of anilines is 1. The molecule has 0 fully saturated rings. The number of benzene rings is 3. The monoisotopic (exact) mass is 501 g/mol. The maximum Gasteiger partial charge on any atom is 0.348 e. The van der Waals surface area contributed by atoms with Gasteiger partial charge < -0.3 is 14.8 Å². The number of thiophene rings is 1. The third-order valence-corrected chi connectivity index (χ3v) is 6.37. The number of nitrogens with one attached hydrogen (secondary N) is 1. The summed E-state index contributed by atoms with van der Waals surface area (Å²) >= 11 is 1.19. The molecule has 0 aliphatic rings. The summed E-state index contributed by atoms with van der Waals surface area (Å²) in [6.45, 7) is 1.36. The Labute approximate surface area is 209 Å². The third-order valence-electron chi connectivity index (χ3n) is 5.28. The number of carbonyl (C=O) groups excluding carboxylic acids is 2. The lowest BCUT2D eigenvalue weighted by Crippen LogP contribution is -2.20. The number of hydrogen-bond acceptors (Lipinski definition) is 6. The number of hydrogen-bond donors (Lipinski definition) is 1. The summed E-state index contributed by atoms with van der Waals surface area (Å²) in [6.07, 6.45) is 0. The molecule has 0 saturated heterocycles. The zero-order chi connectivity index (χ0) is 25.1. The second kappa shape index (κ2) is 10.0. The molecule has 2 heterocycles. The number of amides is 1. The van der Waals surface area contributed by atoms with Crippen molar-refractivity contribution in [3.63, 3.8) is 0 Å². The zero-order valence-corrected chi connectivity index (χ0v) is 19.9. The molecule has 0 aliphatic carbocycles. The van der Waals surface area contributed by atoms with Crippen molar-refractivity contribution in [2.24, 2.45) is 0 Å². The molecular formula is C27H20FN3O4S. The minimum absolute atomic E-state index is 0.335. The summed E-state index contributed by atoms with van der Waals surface area (Å²) in [5.41, 5.74) is 1.85. The number of aryl methyl sites for hydroxylation is 1. The Kier molecular flexibility index (Phi) is 6.46. The molecule has 5 aromatic rings. The van der Waals surface area contributed by atoms with Crippen LogP contribution in [0.2, 0.25) is 0 Å². The Hall–Kier alpha value is -4.50. The van der Waals surface area contributed by atoms with Crippen molar-refractivity contribution in [2.45, 2.75) is 6.92 Å². The highest BCUT2D eigenvalue weighted by molar-refractivity contribution is 7.20. The largest absolute Gasteiger partial charge is 0.455 e. The first kappa shape index (κ1) is 23.3. The van der Waals surface area contributed by atoms with E-state index in [9.17, 15) is 14.0 Å². The molecule has 0 aliphatic heterocycles. The zero-order valence-electron chi connectivity index (χ0n) is 19.1. The number of halogens is 1. The summed E-state index contributed by atoms with van der Waals surface area (Å²) in [6, 6.07) is 23.8. The van der Waals surface area contributed by atoms with Gasteiger partial charge in [0.15, 0.2) is 12.4 Å². The first-order valence-corrected chi connectivity index (χ1v) is 11.8. The normalized spacial score (nSPS) is 10.8. The quantitative estimate of drug-likeness (QED) is 0.272. The molecule has 0 radical (unpaired) electrons. The first-order chi connectivity index (χ1) is 17.5. The van der Waals surface area contributed by atoms with Gasteiger partial charge in [0.1, 0.15) is 21.3 Å². The predicted octanol–water partition coefficient (Wildman–Crippen LogP) is 6.12. The number of rotatable bonds is 7. The Morgan fingerprint density at radius 2 is 1.72 bits per heavy atom. The Bertz CT molecular complexity index is 1540. The van der Waals surface area contributed by atoms with Gasteiger partial charge in [-0.2, -0.15) is 5.10 Å². The SMILES string of the molecule is Cc1nn(-c2ccc(F)cc2)c2sc(C(=O)OCC(=O)Nc3ccccc3Oc3ccccc3)cc12. The van der Waals surface area contributed by atoms with Gasteiger partial charge in [-0.15, -0.1) is 11.3 Å². The van der Waals surface area contributed by atoms with Crippen LogP contribution >= 0.6 is 11.3 Å². The number of para-hydroxylation sites is 3. The fraction of sp³-hybridized carbons (Fsp3) is 0.0741. The topological polar surface area (TPSA) is 82.5 Å². The van der Waals surface area contributed by atoms with E-state index in [0.29, 0.717) is 27.8 Å². The van der Waals surface area contributed by atoms with E-state index in [1.54, 1.807) is 47.1 Å². The number of ether oxygens (including phenoxy) is 2. The molecular weight excluding hydrogens is 481 g/mol. The highest BCUT2D eigenvalue weighted by atomic mass is 32.1. The molecule has 0 bridgehead atoms. The van der Waals surface area contributed by atoms with Gasteiger partial charge >= 0.3 is 5.97 Å². The molecule has 7 nitrogen and oxygen atoms in total. The van der Waals surface area contributed by atoms with Crippen molar-refractivity contribution < 1.29 is 23.5 Å². The van der Waals surface area contributed by atoms with Gasteiger partial charge in [0, 0.05) is 5.39 Å². The molecule has 9 heteroatoms. The van der Waals surface area contributed by atoms with Crippen LogP contribution in [0.4, 0.5) is 10.1 Å². The minimum Gasteiger partial charge on any atom is -0.455 e. The third kappa shape index (κ3) is 4.96. The van der Waals surface area contributed by atoms with Gasteiger partial charge in [-0.05, 0) is 61.5 Å². The highest BCUT2D eigenvalue weighted by Gasteiger charge is 2.19.